The highest BCUT2D eigenvalue weighted by Gasteiger charge is 2.68. The van der Waals surface area contributed by atoms with Gasteiger partial charge in [0.05, 0.1) is 5.38 Å². The third-order valence-corrected chi connectivity index (χ3v) is 8.41. The zero-order chi connectivity index (χ0) is 23.4. The van der Waals surface area contributed by atoms with Crippen LogP contribution in [0.5, 0.6) is 0 Å². The van der Waals surface area contributed by atoms with Gasteiger partial charge < -0.3 is 15.3 Å². The number of rotatable bonds is 2. The summed E-state index contributed by atoms with van der Waals surface area (Å²) in [5.74, 6) is -1.96. The van der Waals surface area contributed by atoms with Gasteiger partial charge in [-0.2, -0.15) is 0 Å². The molecule has 0 spiro atoms. The highest BCUT2D eigenvalue weighted by molar-refractivity contribution is 6.23. The average molecular weight is 453 g/mol. The Kier molecular flexibility index (Phi) is 6.10. The lowest BCUT2D eigenvalue weighted by Crippen LogP contribution is -2.61. The number of alkyl halides is 1. The highest BCUT2D eigenvalue weighted by atomic mass is 35.5. The molecule has 0 radical (unpaired) electrons. The molecule has 3 fully saturated rings. The van der Waals surface area contributed by atoms with Crippen LogP contribution in [0.3, 0.4) is 0 Å². The van der Waals surface area contributed by atoms with Gasteiger partial charge in [-0.1, -0.05) is 19.9 Å². The molecule has 0 amide bonds. The Morgan fingerprint density at radius 1 is 1.26 bits per heavy atom. The molecular weight excluding hydrogens is 424 g/mol. The first-order valence-corrected chi connectivity index (χ1v) is 10.9. The standard InChI is InChI=1S/C21H25ClO5.C2H4O2/c1-19-5-3-11(24)7-14(19)15(22)8-12-13-4-6-21(27,17(26)10-23)20(13,2)9-16(25)18(12)19;1-2(3)4/h3,5,7,12-13,15,18,23,27H,4,6,8-10H2,1-2H3;1H3,(H,3,4)/t12-,13-,15-,18+,19-,20-,21-;/m0./s1. The Morgan fingerprint density at radius 3 is 2.45 bits per heavy atom. The average Bonchev–Trinajstić information content (AvgIpc) is 2.93. The monoisotopic (exact) mass is 452 g/mol. The van der Waals surface area contributed by atoms with Crippen LogP contribution in [0.1, 0.15) is 46.5 Å². The topological polar surface area (TPSA) is 129 Å². The number of ketones is 3. The summed E-state index contributed by atoms with van der Waals surface area (Å²) in [6.07, 6.45) is 6.41. The smallest absolute Gasteiger partial charge is 0.300 e. The van der Waals surface area contributed by atoms with Crippen LogP contribution in [0.4, 0.5) is 0 Å². The minimum Gasteiger partial charge on any atom is -0.481 e. The summed E-state index contributed by atoms with van der Waals surface area (Å²) < 4.78 is 0. The van der Waals surface area contributed by atoms with Gasteiger partial charge in [-0.05, 0) is 48.8 Å². The lowest BCUT2D eigenvalue weighted by molar-refractivity contribution is -0.168. The summed E-state index contributed by atoms with van der Waals surface area (Å²) in [6, 6.07) is 0. The molecule has 0 bridgehead atoms. The Morgan fingerprint density at radius 2 is 1.87 bits per heavy atom. The third-order valence-electron chi connectivity index (χ3n) is 7.99. The van der Waals surface area contributed by atoms with E-state index in [0.717, 1.165) is 12.5 Å². The molecule has 4 rings (SSSR count). The van der Waals surface area contributed by atoms with Crippen molar-refractivity contribution >= 4 is 34.9 Å². The summed E-state index contributed by atoms with van der Waals surface area (Å²) >= 11 is 6.67. The normalized spacial score (nSPS) is 43.1. The Bertz CT molecular complexity index is 888. The van der Waals surface area contributed by atoms with Crippen molar-refractivity contribution in [1.29, 1.82) is 0 Å². The van der Waals surface area contributed by atoms with Gasteiger partial charge in [0.1, 0.15) is 18.0 Å². The lowest BCUT2D eigenvalue weighted by atomic mass is 9.46. The number of carboxylic acid groups (broad SMARTS) is 1. The van der Waals surface area contributed by atoms with Gasteiger partial charge in [-0.25, -0.2) is 0 Å². The first-order chi connectivity index (χ1) is 14.3. The van der Waals surface area contributed by atoms with E-state index in [-0.39, 0.29) is 47.5 Å². The Hall–Kier alpha value is -1.83. The molecule has 31 heavy (non-hydrogen) atoms. The zero-order valence-electron chi connectivity index (χ0n) is 17.9. The second kappa shape index (κ2) is 7.94. The van der Waals surface area contributed by atoms with Crippen molar-refractivity contribution in [3.8, 4) is 0 Å². The van der Waals surface area contributed by atoms with Crippen LogP contribution in [0.25, 0.3) is 0 Å². The van der Waals surface area contributed by atoms with Crippen LogP contribution < -0.4 is 0 Å². The maximum absolute atomic E-state index is 13.3. The first kappa shape index (κ1) is 23.8. The quantitative estimate of drug-likeness (QED) is 0.547. The van der Waals surface area contributed by atoms with Crippen molar-refractivity contribution in [3.05, 3.63) is 23.8 Å². The maximum atomic E-state index is 13.3. The van der Waals surface area contributed by atoms with E-state index in [9.17, 15) is 24.6 Å². The van der Waals surface area contributed by atoms with Crippen LogP contribution >= 0.6 is 11.6 Å². The van der Waals surface area contributed by atoms with E-state index >= 15 is 0 Å². The van der Waals surface area contributed by atoms with Gasteiger partial charge in [0.2, 0.25) is 0 Å². The summed E-state index contributed by atoms with van der Waals surface area (Å²) in [5.41, 5.74) is -2.38. The molecule has 0 saturated heterocycles. The number of hydrogen-bond donors (Lipinski definition) is 3. The van der Waals surface area contributed by atoms with E-state index in [0.29, 0.717) is 12.8 Å². The van der Waals surface area contributed by atoms with E-state index in [1.54, 1.807) is 6.08 Å². The fourth-order valence-electron chi connectivity index (χ4n) is 6.64. The van der Waals surface area contributed by atoms with E-state index in [4.69, 9.17) is 21.5 Å². The van der Waals surface area contributed by atoms with Gasteiger partial charge >= 0.3 is 0 Å². The molecule has 0 aromatic carbocycles. The van der Waals surface area contributed by atoms with Crippen molar-refractivity contribution in [2.24, 2.45) is 28.6 Å². The number of aliphatic hydroxyl groups excluding tert-OH is 1. The Labute approximate surface area is 186 Å². The number of carbonyl (C=O) groups excluding carboxylic acids is 3. The molecule has 0 aliphatic heterocycles. The van der Waals surface area contributed by atoms with Gasteiger partial charge in [0.15, 0.2) is 11.6 Å². The summed E-state index contributed by atoms with van der Waals surface area (Å²) in [4.78, 5) is 46.6. The van der Waals surface area contributed by atoms with Gasteiger partial charge in [0.25, 0.3) is 5.97 Å². The number of aliphatic hydroxyl groups is 2. The molecule has 0 heterocycles. The fourth-order valence-corrected chi connectivity index (χ4v) is 7.14. The van der Waals surface area contributed by atoms with E-state index < -0.39 is 34.8 Å². The van der Waals surface area contributed by atoms with Crippen molar-refractivity contribution in [3.63, 3.8) is 0 Å². The molecule has 7 nitrogen and oxygen atoms in total. The molecule has 3 N–H and O–H groups in total. The molecule has 0 unspecified atom stereocenters. The molecule has 170 valence electrons. The number of carbonyl (C=O) groups is 4. The highest BCUT2D eigenvalue weighted by Crippen LogP contribution is 2.66. The number of Topliss-reactive ketones (excluding diaryl/α,β-unsaturated/α-hetero) is 2. The Balaban J connectivity index is 0.000000628. The maximum Gasteiger partial charge on any atom is 0.300 e. The fraction of sp³-hybridized carbons (Fsp3) is 0.652. The van der Waals surface area contributed by atoms with Crippen LogP contribution in [-0.4, -0.2) is 56.2 Å². The number of halogens is 1. The van der Waals surface area contributed by atoms with Gasteiger partial charge in [0, 0.05) is 30.1 Å². The zero-order valence-corrected chi connectivity index (χ0v) is 18.7. The summed E-state index contributed by atoms with van der Waals surface area (Å²) in [5, 5.41) is 27.6. The summed E-state index contributed by atoms with van der Waals surface area (Å²) in [7, 11) is 0. The molecule has 0 aromatic rings. The molecule has 7 atom stereocenters. The van der Waals surface area contributed by atoms with Gasteiger partial charge in [-0.15, -0.1) is 11.6 Å². The van der Waals surface area contributed by atoms with Crippen molar-refractivity contribution in [2.45, 2.75) is 57.4 Å². The minimum atomic E-state index is -1.68. The lowest BCUT2D eigenvalue weighted by Gasteiger charge is -2.57. The van der Waals surface area contributed by atoms with E-state index in [1.807, 2.05) is 19.9 Å². The second-order valence-corrected chi connectivity index (χ2v) is 10.2. The molecule has 4 aliphatic carbocycles. The van der Waals surface area contributed by atoms with Crippen molar-refractivity contribution < 1.29 is 34.5 Å². The molecule has 0 aromatic heterocycles. The number of allylic oxidation sites excluding steroid dienone is 4. The minimum absolute atomic E-state index is 0.000723. The van der Waals surface area contributed by atoms with Gasteiger partial charge in [-0.3, -0.25) is 19.2 Å². The number of hydrogen-bond acceptors (Lipinski definition) is 6. The van der Waals surface area contributed by atoms with Crippen molar-refractivity contribution in [2.75, 3.05) is 6.61 Å². The largest absolute Gasteiger partial charge is 0.481 e. The molecule has 8 heteroatoms. The number of fused-ring (bicyclic) bond motifs is 5. The van der Waals surface area contributed by atoms with Crippen LogP contribution in [-0.2, 0) is 19.2 Å². The number of carboxylic acids is 1. The predicted molar refractivity (Wildman–Crippen MR) is 112 cm³/mol. The van der Waals surface area contributed by atoms with Crippen molar-refractivity contribution in [1.82, 2.24) is 0 Å². The summed E-state index contributed by atoms with van der Waals surface area (Å²) in [6.45, 7) is 4.13. The molecular formula is C23H29ClO7. The van der Waals surface area contributed by atoms with E-state index in [2.05, 4.69) is 0 Å². The predicted octanol–water partition coefficient (Wildman–Crippen LogP) is 2.07. The first-order valence-electron chi connectivity index (χ1n) is 10.5. The van der Waals surface area contributed by atoms with Crippen LogP contribution in [0.2, 0.25) is 0 Å². The third kappa shape index (κ3) is 3.51. The van der Waals surface area contributed by atoms with E-state index in [1.165, 1.54) is 6.08 Å². The van der Waals surface area contributed by atoms with Crippen LogP contribution in [0, 0.1) is 28.6 Å². The van der Waals surface area contributed by atoms with Crippen LogP contribution in [0.15, 0.2) is 23.8 Å². The molecule has 3 saturated carbocycles. The SMILES string of the molecule is CC(=O)O.C[C@]12C=CC(=O)C=C1[C@@H](Cl)C[C@@H]1[C@@H]2C(=O)C[C@@]2(C)[C@H]1CC[C@]2(O)C(=O)CO. The number of aliphatic carboxylic acids is 1. The second-order valence-electron chi connectivity index (χ2n) is 9.63. The molecule has 4 aliphatic rings.